The molecule has 0 saturated carbocycles. The van der Waals surface area contributed by atoms with Crippen LogP contribution in [0.4, 0.5) is 0 Å². The van der Waals surface area contributed by atoms with Crippen molar-refractivity contribution in [3.8, 4) is 0 Å². The summed E-state index contributed by atoms with van der Waals surface area (Å²) in [6, 6.07) is 25.4. The van der Waals surface area contributed by atoms with E-state index in [1.54, 1.807) is 0 Å². The van der Waals surface area contributed by atoms with Crippen LogP contribution in [0.15, 0.2) is 77.9 Å². The van der Waals surface area contributed by atoms with E-state index in [2.05, 4.69) is 115 Å². The van der Waals surface area contributed by atoms with E-state index < -0.39 is 8.07 Å². The first kappa shape index (κ1) is 27.5. The molecule has 0 spiro atoms. The van der Waals surface area contributed by atoms with Crippen LogP contribution in [0.5, 0.6) is 0 Å². The molecule has 5 rings (SSSR count). The molecule has 0 aromatic heterocycles. The molecule has 0 radical (unpaired) electrons. The Morgan fingerprint density at radius 2 is 1.08 bits per heavy atom. The molecule has 2 unspecified atom stereocenters. The Labute approximate surface area is 240 Å². The van der Waals surface area contributed by atoms with E-state index in [0.29, 0.717) is 11.8 Å². The van der Waals surface area contributed by atoms with Gasteiger partial charge in [0, 0.05) is 21.1 Å². The number of halogens is 2. The lowest BCUT2D eigenvalue weighted by Gasteiger charge is -2.42. The number of allylic oxidation sites excluding steroid dienone is 2. The smallest absolute Gasteiger partial charge is 0.0837 e. The van der Waals surface area contributed by atoms with Gasteiger partial charge in [0.05, 0.1) is 0 Å². The molecule has 0 amide bonds. The lowest BCUT2D eigenvalue weighted by molar-refractivity contribution is 0.647. The highest BCUT2D eigenvalue weighted by atomic mass is 35.5. The van der Waals surface area contributed by atoms with Crippen molar-refractivity contribution in [1.82, 2.24) is 0 Å². The maximum atomic E-state index is 7.19. The van der Waals surface area contributed by atoms with Crippen LogP contribution in [0.25, 0.3) is 10.1 Å². The fourth-order valence-corrected chi connectivity index (χ4v) is 13.8. The largest absolute Gasteiger partial charge is 0.107 e. The summed E-state index contributed by atoms with van der Waals surface area (Å²) in [6.07, 6.45) is 2.14. The van der Waals surface area contributed by atoms with Crippen LogP contribution in [0.1, 0.15) is 86.0 Å². The third-order valence-corrected chi connectivity index (χ3v) is 15.2. The normalized spacial score (nSPS) is 20.4. The van der Waals surface area contributed by atoms with Crippen LogP contribution in [-0.4, -0.2) is 8.07 Å². The Morgan fingerprint density at radius 3 is 1.47 bits per heavy atom. The minimum Gasteiger partial charge on any atom is -0.0837 e. The number of benzene rings is 3. The fourth-order valence-electron chi connectivity index (χ4n) is 7.27. The predicted octanol–water partition coefficient (Wildman–Crippen LogP) is 9.98. The number of hydrogen-bond donors (Lipinski definition) is 0. The van der Waals surface area contributed by atoms with E-state index in [4.69, 9.17) is 23.2 Å². The first-order chi connectivity index (χ1) is 18.0. The molecule has 0 heterocycles. The first-order valence-corrected chi connectivity index (χ1v) is 17.5. The Hall–Kier alpha value is -2.06. The van der Waals surface area contributed by atoms with Crippen LogP contribution in [-0.2, 0) is 12.8 Å². The van der Waals surface area contributed by atoms with Gasteiger partial charge < -0.3 is 0 Å². The topological polar surface area (TPSA) is 0 Å². The quantitative estimate of drug-likeness (QED) is 0.253. The second-order valence-corrected chi connectivity index (χ2v) is 17.6. The van der Waals surface area contributed by atoms with Gasteiger partial charge in [0.25, 0.3) is 0 Å². The molecule has 0 nitrogen and oxygen atoms in total. The van der Waals surface area contributed by atoms with Crippen LogP contribution >= 0.6 is 23.2 Å². The van der Waals surface area contributed by atoms with Gasteiger partial charge in [-0.15, -0.1) is 0 Å². The van der Waals surface area contributed by atoms with E-state index >= 15 is 0 Å². The van der Waals surface area contributed by atoms with Crippen molar-refractivity contribution in [2.45, 2.75) is 72.0 Å². The van der Waals surface area contributed by atoms with Gasteiger partial charge in [0.15, 0.2) is 0 Å². The number of fused-ring (bicyclic) bond motifs is 2. The molecule has 0 bridgehead atoms. The van der Waals surface area contributed by atoms with Crippen LogP contribution in [0.3, 0.4) is 0 Å². The predicted molar refractivity (Wildman–Crippen MR) is 170 cm³/mol. The van der Waals surface area contributed by atoms with Crippen LogP contribution in [0.2, 0.25) is 6.55 Å². The number of hydrogen-bond acceptors (Lipinski definition) is 0. The van der Waals surface area contributed by atoms with Crippen molar-refractivity contribution >= 4 is 46.5 Å². The molecule has 0 aliphatic heterocycles. The Kier molecular flexibility index (Phi) is 7.59. The zero-order valence-electron chi connectivity index (χ0n) is 23.8. The summed E-state index contributed by atoms with van der Waals surface area (Å²) in [7, 11) is -2.36. The van der Waals surface area contributed by atoms with Gasteiger partial charge in [0.2, 0.25) is 0 Å². The van der Waals surface area contributed by atoms with Crippen molar-refractivity contribution in [2.75, 3.05) is 0 Å². The van der Waals surface area contributed by atoms with Crippen LogP contribution in [0, 0.1) is 11.8 Å². The van der Waals surface area contributed by atoms with Crippen molar-refractivity contribution in [3.63, 3.8) is 0 Å². The lowest BCUT2D eigenvalue weighted by atomic mass is 9.98. The Bertz CT molecular complexity index is 1340. The highest BCUT2D eigenvalue weighted by Crippen LogP contribution is 2.56. The van der Waals surface area contributed by atoms with E-state index in [1.807, 2.05) is 0 Å². The minimum atomic E-state index is -2.36. The lowest BCUT2D eigenvalue weighted by Crippen LogP contribution is -2.56. The van der Waals surface area contributed by atoms with Crippen molar-refractivity contribution in [2.24, 2.45) is 11.8 Å². The number of rotatable bonds is 7. The molecule has 0 N–H and O–H groups in total. The zero-order valence-corrected chi connectivity index (χ0v) is 26.3. The zero-order chi connectivity index (χ0) is 27.4. The van der Waals surface area contributed by atoms with E-state index in [-0.39, 0.29) is 11.1 Å². The summed E-state index contributed by atoms with van der Waals surface area (Å²) in [6.45, 7) is 16.2. The van der Waals surface area contributed by atoms with E-state index in [1.165, 1.54) is 49.7 Å². The molecule has 2 aliphatic carbocycles. The standard InChI is InChI=1S/C35H40Cl2Si/c1-21(2)17-25-13-15-28-30(19-25)32(36)23(5)34(28)38(7,27-11-9-8-10-12-27)35-24(6)33(37)31-20-26(18-22(3)4)14-16-29(31)35/h8-16,19-22,34-35H,17-18H2,1-7H3. The molecule has 0 saturated heterocycles. The molecular weight excluding hydrogens is 519 g/mol. The average molecular weight is 560 g/mol. The molecular formula is C35H40Cl2Si. The van der Waals surface area contributed by atoms with Gasteiger partial charge in [-0.05, 0) is 95.2 Å². The van der Waals surface area contributed by atoms with Gasteiger partial charge in [0.1, 0.15) is 8.07 Å². The monoisotopic (exact) mass is 558 g/mol. The maximum absolute atomic E-state index is 7.19. The maximum Gasteiger partial charge on any atom is 0.107 e. The summed E-state index contributed by atoms with van der Waals surface area (Å²) in [5, 5.41) is 3.35. The van der Waals surface area contributed by atoms with Gasteiger partial charge in [-0.1, -0.05) is 117 Å². The summed E-state index contributed by atoms with van der Waals surface area (Å²) in [4.78, 5) is 0. The Balaban J connectivity index is 1.72. The minimum absolute atomic E-state index is 0.284. The van der Waals surface area contributed by atoms with Crippen molar-refractivity contribution < 1.29 is 0 Å². The summed E-state index contributed by atoms with van der Waals surface area (Å²) < 4.78 is 0. The van der Waals surface area contributed by atoms with E-state index in [0.717, 1.165) is 22.9 Å². The molecule has 3 aromatic rings. The first-order valence-electron chi connectivity index (χ1n) is 14.1. The third-order valence-electron chi connectivity index (χ3n) is 8.77. The average Bonchev–Trinajstić information content (AvgIpc) is 3.28. The molecule has 3 aromatic carbocycles. The Morgan fingerprint density at radius 1 is 0.658 bits per heavy atom. The van der Waals surface area contributed by atoms with Crippen molar-refractivity contribution in [3.05, 3.63) is 111 Å². The van der Waals surface area contributed by atoms with Crippen molar-refractivity contribution in [1.29, 1.82) is 0 Å². The SMILES string of the molecule is CC1=C(Cl)c2cc(CC(C)C)ccc2C1[Si](C)(c1ccccc1)C1C(C)=C(Cl)c2cc(CC(C)C)ccc21. The molecule has 2 atom stereocenters. The second kappa shape index (κ2) is 10.5. The molecule has 198 valence electrons. The molecule has 2 aliphatic rings. The molecule has 3 heteroatoms. The third kappa shape index (κ3) is 4.55. The highest BCUT2D eigenvalue weighted by molar-refractivity contribution is 6.94. The molecule has 38 heavy (non-hydrogen) atoms. The summed E-state index contributed by atoms with van der Waals surface area (Å²) >= 11 is 14.4. The summed E-state index contributed by atoms with van der Waals surface area (Å²) in [5.74, 6) is 1.23. The van der Waals surface area contributed by atoms with Gasteiger partial charge >= 0.3 is 0 Å². The van der Waals surface area contributed by atoms with Gasteiger partial charge in [-0.25, -0.2) is 0 Å². The second-order valence-electron chi connectivity index (χ2n) is 12.5. The summed E-state index contributed by atoms with van der Waals surface area (Å²) in [5.41, 5.74) is 11.2. The fraction of sp³-hybridized carbons (Fsp3) is 0.371. The van der Waals surface area contributed by atoms with Gasteiger partial charge in [-0.3, -0.25) is 0 Å². The molecule has 0 fully saturated rings. The van der Waals surface area contributed by atoms with Gasteiger partial charge in [-0.2, -0.15) is 0 Å². The van der Waals surface area contributed by atoms with Crippen LogP contribution < -0.4 is 5.19 Å². The highest BCUT2D eigenvalue weighted by Gasteiger charge is 2.53. The van der Waals surface area contributed by atoms with E-state index in [9.17, 15) is 0 Å².